The molecule has 0 bridgehead atoms. The molecule has 0 radical (unpaired) electrons. The van der Waals surface area contributed by atoms with Crippen LogP contribution in [0.3, 0.4) is 0 Å². The van der Waals surface area contributed by atoms with Gasteiger partial charge in [-0.15, -0.1) is 0 Å². The Hall–Kier alpha value is -1.65. The standard InChI is InChI=1S/C16H26O5/c1-4-6-7-12(5-2)9-13(8-11(3)17)14(16(20)21)10-15(18)19/h12H,4-10H2,1-3H3,(H,18,19)(H,20,21). The Morgan fingerprint density at radius 3 is 2.05 bits per heavy atom. The van der Waals surface area contributed by atoms with Gasteiger partial charge in [0.1, 0.15) is 5.78 Å². The summed E-state index contributed by atoms with van der Waals surface area (Å²) in [5, 5.41) is 18.1. The summed E-state index contributed by atoms with van der Waals surface area (Å²) in [6.07, 6.45) is 3.94. The minimum Gasteiger partial charge on any atom is -0.481 e. The monoisotopic (exact) mass is 298 g/mol. The fraction of sp³-hybridized carbons (Fsp3) is 0.688. The van der Waals surface area contributed by atoms with Crippen molar-refractivity contribution in [2.24, 2.45) is 5.92 Å². The van der Waals surface area contributed by atoms with Gasteiger partial charge >= 0.3 is 11.9 Å². The first kappa shape index (κ1) is 19.4. The Morgan fingerprint density at radius 1 is 1.05 bits per heavy atom. The molecule has 0 aliphatic heterocycles. The summed E-state index contributed by atoms with van der Waals surface area (Å²) in [5.74, 6) is -2.27. The molecule has 0 heterocycles. The molecule has 0 spiro atoms. The van der Waals surface area contributed by atoms with Gasteiger partial charge in [0.25, 0.3) is 0 Å². The lowest BCUT2D eigenvalue weighted by Gasteiger charge is -2.18. The van der Waals surface area contributed by atoms with Crippen LogP contribution in [0, 0.1) is 5.92 Å². The van der Waals surface area contributed by atoms with E-state index < -0.39 is 18.4 Å². The molecule has 0 amide bonds. The van der Waals surface area contributed by atoms with E-state index in [0.717, 1.165) is 25.7 Å². The van der Waals surface area contributed by atoms with E-state index in [9.17, 15) is 19.5 Å². The van der Waals surface area contributed by atoms with E-state index in [2.05, 4.69) is 6.92 Å². The fourth-order valence-electron chi connectivity index (χ4n) is 2.40. The summed E-state index contributed by atoms with van der Waals surface area (Å²) in [4.78, 5) is 33.5. The first-order chi connectivity index (χ1) is 9.81. The third-order valence-corrected chi connectivity index (χ3v) is 3.55. The van der Waals surface area contributed by atoms with Crippen molar-refractivity contribution in [2.75, 3.05) is 0 Å². The topological polar surface area (TPSA) is 91.7 Å². The SMILES string of the molecule is CCCCC(CC)CC(CC(C)=O)=C(CC(=O)O)C(=O)O. The largest absolute Gasteiger partial charge is 0.481 e. The number of ketones is 1. The second kappa shape index (κ2) is 10.1. The highest BCUT2D eigenvalue weighted by Gasteiger charge is 2.21. The molecule has 0 aliphatic carbocycles. The number of carbonyl (C=O) groups is 3. The third kappa shape index (κ3) is 8.27. The lowest BCUT2D eigenvalue weighted by Crippen LogP contribution is -2.14. The molecule has 0 aliphatic rings. The highest BCUT2D eigenvalue weighted by molar-refractivity contribution is 5.94. The fourth-order valence-corrected chi connectivity index (χ4v) is 2.40. The Bertz CT molecular complexity index is 409. The second-order valence-corrected chi connectivity index (χ2v) is 5.46. The summed E-state index contributed by atoms with van der Waals surface area (Å²) in [6.45, 7) is 5.52. The number of aliphatic carboxylic acids is 2. The van der Waals surface area contributed by atoms with E-state index >= 15 is 0 Å². The van der Waals surface area contributed by atoms with E-state index in [-0.39, 0.29) is 17.8 Å². The van der Waals surface area contributed by atoms with Crippen molar-refractivity contribution >= 4 is 17.7 Å². The van der Waals surface area contributed by atoms with Crippen LogP contribution in [0.1, 0.15) is 65.7 Å². The Labute approximate surface area is 126 Å². The second-order valence-electron chi connectivity index (χ2n) is 5.46. The van der Waals surface area contributed by atoms with E-state index in [1.165, 1.54) is 6.92 Å². The number of unbranched alkanes of at least 4 members (excludes halogenated alkanes) is 1. The Kier molecular flexibility index (Phi) is 9.34. The summed E-state index contributed by atoms with van der Waals surface area (Å²) in [6, 6.07) is 0. The number of allylic oxidation sites excluding steroid dienone is 1. The first-order valence-electron chi connectivity index (χ1n) is 7.47. The van der Waals surface area contributed by atoms with Gasteiger partial charge in [0, 0.05) is 12.0 Å². The van der Waals surface area contributed by atoms with Crippen molar-refractivity contribution in [3.63, 3.8) is 0 Å². The van der Waals surface area contributed by atoms with Crippen molar-refractivity contribution in [3.05, 3.63) is 11.1 Å². The normalized spacial score (nSPS) is 13.5. The molecule has 0 saturated carbocycles. The number of carbonyl (C=O) groups excluding carboxylic acids is 1. The maximum atomic E-state index is 11.4. The zero-order chi connectivity index (χ0) is 16.4. The third-order valence-electron chi connectivity index (χ3n) is 3.55. The molecule has 1 atom stereocenters. The molecule has 0 saturated heterocycles. The van der Waals surface area contributed by atoms with Gasteiger partial charge in [-0.2, -0.15) is 0 Å². The zero-order valence-electron chi connectivity index (χ0n) is 13.1. The highest BCUT2D eigenvalue weighted by Crippen LogP contribution is 2.27. The minimum atomic E-state index is -1.24. The number of carboxylic acids is 2. The van der Waals surface area contributed by atoms with Gasteiger partial charge in [-0.25, -0.2) is 4.79 Å². The molecule has 1 unspecified atom stereocenters. The molecule has 0 aromatic rings. The van der Waals surface area contributed by atoms with Crippen molar-refractivity contribution < 1.29 is 24.6 Å². The molecule has 5 heteroatoms. The summed E-state index contributed by atoms with van der Waals surface area (Å²) in [7, 11) is 0. The molecule has 5 nitrogen and oxygen atoms in total. The van der Waals surface area contributed by atoms with Crippen molar-refractivity contribution in [2.45, 2.75) is 65.7 Å². The quantitative estimate of drug-likeness (QED) is 0.570. The van der Waals surface area contributed by atoms with Crippen LogP contribution in [0.4, 0.5) is 0 Å². The molecule has 0 fully saturated rings. The highest BCUT2D eigenvalue weighted by atomic mass is 16.4. The lowest BCUT2D eigenvalue weighted by molar-refractivity contribution is -0.139. The number of rotatable bonds is 11. The van der Waals surface area contributed by atoms with Crippen molar-refractivity contribution in [1.82, 2.24) is 0 Å². The van der Waals surface area contributed by atoms with Crippen molar-refractivity contribution in [3.8, 4) is 0 Å². The molecule has 2 N–H and O–H groups in total. The van der Waals surface area contributed by atoms with Gasteiger partial charge in [0.05, 0.1) is 6.42 Å². The van der Waals surface area contributed by atoms with Crippen LogP contribution in [0.5, 0.6) is 0 Å². The molecular weight excluding hydrogens is 272 g/mol. The molecule has 0 aromatic heterocycles. The Balaban J connectivity index is 5.33. The van der Waals surface area contributed by atoms with Gasteiger partial charge < -0.3 is 10.2 Å². The van der Waals surface area contributed by atoms with Crippen LogP contribution in [0.2, 0.25) is 0 Å². The van der Waals surface area contributed by atoms with Crippen LogP contribution in [0.15, 0.2) is 11.1 Å². The smallest absolute Gasteiger partial charge is 0.332 e. The van der Waals surface area contributed by atoms with Crippen LogP contribution in [0.25, 0.3) is 0 Å². The summed E-state index contributed by atoms with van der Waals surface area (Å²) >= 11 is 0. The minimum absolute atomic E-state index is 0.0253. The Morgan fingerprint density at radius 2 is 1.67 bits per heavy atom. The molecule has 0 rings (SSSR count). The number of hydrogen-bond donors (Lipinski definition) is 2. The van der Waals surface area contributed by atoms with Gasteiger partial charge in [-0.05, 0) is 19.3 Å². The predicted molar refractivity (Wildman–Crippen MR) is 80.1 cm³/mol. The van der Waals surface area contributed by atoms with E-state index in [1.54, 1.807) is 0 Å². The van der Waals surface area contributed by atoms with Crippen LogP contribution in [-0.4, -0.2) is 27.9 Å². The van der Waals surface area contributed by atoms with Crippen molar-refractivity contribution in [1.29, 1.82) is 0 Å². The molecule has 21 heavy (non-hydrogen) atoms. The lowest BCUT2D eigenvalue weighted by atomic mass is 9.87. The predicted octanol–water partition coefficient (Wildman–Crippen LogP) is 3.43. The van der Waals surface area contributed by atoms with E-state index in [4.69, 9.17) is 5.11 Å². The van der Waals surface area contributed by atoms with Gasteiger partial charge in [0.2, 0.25) is 0 Å². The average molecular weight is 298 g/mol. The molecular formula is C16H26O5. The molecule has 120 valence electrons. The maximum Gasteiger partial charge on any atom is 0.332 e. The van der Waals surface area contributed by atoms with E-state index in [1.807, 2.05) is 6.92 Å². The van der Waals surface area contributed by atoms with E-state index in [0.29, 0.717) is 17.9 Å². The number of Topliss-reactive ketones (excluding diaryl/α,β-unsaturated/α-hetero) is 1. The maximum absolute atomic E-state index is 11.4. The number of hydrogen-bond acceptors (Lipinski definition) is 3. The summed E-state index contributed by atoms with van der Waals surface area (Å²) in [5.41, 5.74) is 0.341. The van der Waals surface area contributed by atoms with Crippen LogP contribution >= 0.6 is 0 Å². The number of carboxylic acid groups (broad SMARTS) is 2. The average Bonchev–Trinajstić information content (AvgIpc) is 2.38. The van der Waals surface area contributed by atoms with Gasteiger partial charge in [-0.3, -0.25) is 9.59 Å². The molecule has 0 aromatic carbocycles. The van der Waals surface area contributed by atoms with Crippen LogP contribution in [-0.2, 0) is 14.4 Å². The first-order valence-corrected chi connectivity index (χ1v) is 7.47. The summed E-state index contributed by atoms with van der Waals surface area (Å²) < 4.78 is 0. The van der Waals surface area contributed by atoms with Gasteiger partial charge in [-0.1, -0.05) is 45.1 Å². The van der Waals surface area contributed by atoms with Gasteiger partial charge in [0.15, 0.2) is 0 Å². The zero-order valence-corrected chi connectivity index (χ0v) is 13.1. The van der Waals surface area contributed by atoms with Crippen LogP contribution < -0.4 is 0 Å².